The molecule has 0 saturated carbocycles. The molecular formula is C13H16N2O3. The smallest absolute Gasteiger partial charge is 0.322 e. The summed E-state index contributed by atoms with van der Waals surface area (Å²) >= 11 is 0. The molecule has 0 aliphatic carbocycles. The van der Waals surface area contributed by atoms with E-state index in [4.69, 9.17) is 14.7 Å². The van der Waals surface area contributed by atoms with Crippen LogP contribution < -0.4 is 14.8 Å². The van der Waals surface area contributed by atoms with Crippen molar-refractivity contribution in [2.24, 2.45) is 0 Å². The monoisotopic (exact) mass is 248 g/mol. The molecule has 5 heteroatoms. The Labute approximate surface area is 106 Å². The first kappa shape index (κ1) is 13.8. The van der Waals surface area contributed by atoms with Crippen LogP contribution in [-0.2, 0) is 11.2 Å². The molecule has 1 rings (SSSR count). The van der Waals surface area contributed by atoms with E-state index in [9.17, 15) is 4.79 Å². The van der Waals surface area contributed by atoms with Gasteiger partial charge < -0.3 is 14.8 Å². The molecule has 96 valence electrons. The highest BCUT2D eigenvalue weighted by molar-refractivity contribution is 5.91. The fourth-order valence-electron chi connectivity index (χ4n) is 1.78. The lowest BCUT2D eigenvalue weighted by Crippen LogP contribution is -2.23. The quantitative estimate of drug-likeness (QED) is 0.795. The number of nitriles is 1. The molecule has 0 heterocycles. The summed E-state index contributed by atoms with van der Waals surface area (Å²) in [5.41, 5.74) is 1.89. The van der Waals surface area contributed by atoms with Gasteiger partial charge in [-0.3, -0.25) is 4.79 Å². The summed E-state index contributed by atoms with van der Waals surface area (Å²) in [5, 5.41) is 10.8. The summed E-state index contributed by atoms with van der Waals surface area (Å²) < 4.78 is 10.6. The molecule has 18 heavy (non-hydrogen) atoms. The molecule has 0 radical (unpaired) electrons. The normalized spacial score (nSPS) is 9.44. The molecule has 0 aliphatic rings. The number of hydrogen-bond acceptors (Lipinski definition) is 4. The van der Waals surface area contributed by atoms with E-state index < -0.39 is 5.91 Å². The van der Waals surface area contributed by atoms with E-state index >= 15 is 0 Å². The van der Waals surface area contributed by atoms with Crippen LogP contribution in [0.1, 0.15) is 11.1 Å². The van der Waals surface area contributed by atoms with E-state index in [1.54, 1.807) is 14.2 Å². The standard InChI is InChI=1S/C13H16N2O3/c1-9-11(17-2)5-4-10(13(9)18-3)6-7-15-12(16)8-14/h4-5H,6-7H2,1-3H3,(H,15,16). The second kappa shape index (κ2) is 6.50. The van der Waals surface area contributed by atoms with Crippen molar-refractivity contribution < 1.29 is 14.3 Å². The highest BCUT2D eigenvalue weighted by Gasteiger charge is 2.11. The van der Waals surface area contributed by atoms with Crippen LogP contribution in [0, 0.1) is 18.3 Å². The second-order valence-electron chi connectivity index (χ2n) is 3.70. The number of hydrogen-bond donors (Lipinski definition) is 1. The number of carbonyl (C=O) groups excluding carboxylic acids is 1. The Hall–Kier alpha value is -2.22. The molecule has 0 spiro atoms. The predicted molar refractivity (Wildman–Crippen MR) is 66.6 cm³/mol. The van der Waals surface area contributed by atoms with Crippen molar-refractivity contribution in [1.29, 1.82) is 5.26 Å². The third-order valence-electron chi connectivity index (χ3n) is 2.64. The number of amides is 1. The number of ether oxygens (including phenoxy) is 2. The molecule has 1 aromatic carbocycles. The molecule has 0 fully saturated rings. The first-order valence-corrected chi connectivity index (χ1v) is 5.52. The van der Waals surface area contributed by atoms with Gasteiger partial charge >= 0.3 is 5.91 Å². The summed E-state index contributed by atoms with van der Waals surface area (Å²) in [6.45, 7) is 2.31. The second-order valence-corrected chi connectivity index (χ2v) is 3.70. The van der Waals surface area contributed by atoms with Gasteiger partial charge in [-0.2, -0.15) is 5.26 Å². The Kier molecular flexibility index (Phi) is 5.00. The van der Waals surface area contributed by atoms with Crippen molar-refractivity contribution >= 4 is 5.91 Å². The van der Waals surface area contributed by atoms with Crippen molar-refractivity contribution in [2.45, 2.75) is 13.3 Å². The van der Waals surface area contributed by atoms with Crippen molar-refractivity contribution in [2.75, 3.05) is 20.8 Å². The van der Waals surface area contributed by atoms with Crippen molar-refractivity contribution in [3.8, 4) is 17.6 Å². The number of rotatable bonds is 5. The summed E-state index contributed by atoms with van der Waals surface area (Å²) in [6, 6.07) is 5.26. The fraction of sp³-hybridized carbons (Fsp3) is 0.385. The minimum Gasteiger partial charge on any atom is -0.496 e. The number of methoxy groups -OCH3 is 2. The third-order valence-corrected chi connectivity index (χ3v) is 2.64. The van der Waals surface area contributed by atoms with Crippen LogP contribution in [0.3, 0.4) is 0 Å². The molecule has 5 nitrogen and oxygen atoms in total. The average molecular weight is 248 g/mol. The minimum absolute atomic E-state index is 0.397. The summed E-state index contributed by atoms with van der Waals surface area (Å²) in [5.74, 6) is 0.886. The first-order valence-electron chi connectivity index (χ1n) is 5.52. The largest absolute Gasteiger partial charge is 0.496 e. The molecule has 0 aromatic heterocycles. The van der Waals surface area contributed by atoms with Crippen LogP contribution in [0.25, 0.3) is 0 Å². The maximum absolute atomic E-state index is 10.8. The summed E-state index contributed by atoms with van der Waals surface area (Å²) in [6.07, 6.45) is 0.599. The van der Waals surface area contributed by atoms with Crippen molar-refractivity contribution in [3.05, 3.63) is 23.3 Å². The van der Waals surface area contributed by atoms with Crippen LogP contribution in [0.2, 0.25) is 0 Å². The maximum Gasteiger partial charge on any atom is 0.322 e. The van der Waals surface area contributed by atoms with Crippen molar-refractivity contribution in [1.82, 2.24) is 5.32 Å². The molecule has 0 unspecified atom stereocenters. The lowest BCUT2D eigenvalue weighted by atomic mass is 10.1. The van der Waals surface area contributed by atoms with E-state index in [1.165, 1.54) is 6.07 Å². The lowest BCUT2D eigenvalue weighted by molar-refractivity contribution is -0.115. The van der Waals surface area contributed by atoms with Crippen LogP contribution in [-0.4, -0.2) is 26.7 Å². The highest BCUT2D eigenvalue weighted by atomic mass is 16.5. The number of carbonyl (C=O) groups is 1. The van der Waals surface area contributed by atoms with Gasteiger partial charge in [0, 0.05) is 12.1 Å². The van der Waals surface area contributed by atoms with E-state index in [2.05, 4.69) is 5.32 Å². The Morgan fingerprint density at radius 2 is 2.11 bits per heavy atom. The molecule has 1 N–H and O–H groups in total. The molecule has 0 bridgehead atoms. The Morgan fingerprint density at radius 1 is 1.39 bits per heavy atom. The van der Waals surface area contributed by atoms with E-state index in [1.807, 2.05) is 19.1 Å². The van der Waals surface area contributed by atoms with Crippen LogP contribution >= 0.6 is 0 Å². The predicted octanol–water partition coefficient (Wildman–Crippen LogP) is 1.19. The lowest BCUT2D eigenvalue weighted by Gasteiger charge is -2.14. The van der Waals surface area contributed by atoms with Gasteiger partial charge in [-0.25, -0.2) is 0 Å². The maximum atomic E-state index is 10.8. The molecule has 0 saturated heterocycles. The number of nitrogens with one attached hydrogen (secondary N) is 1. The Balaban J connectivity index is 2.80. The molecule has 1 amide bonds. The SMILES string of the molecule is COc1ccc(CCNC(=O)C#N)c(OC)c1C. The fourth-order valence-corrected chi connectivity index (χ4v) is 1.78. The van der Waals surface area contributed by atoms with Gasteiger partial charge in [0.05, 0.1) is 14.2 Å². The Bertz CT molecular complexity index is 478. The zero-order chi connectivity index (χ0) is 13.5. The van der Waals surface area contributed by atoms with E-state index in [-0.39, 0.29) is 0 Å². The number of nitrogens with zero attached hydrogens (tertiary/aromatic N) is 1. The van der Waals surface area contributed by atoms with Gasteiger partial charge in [0.1, 0.15) is 11.5 Å². The summed E-state index contributed by atoms with van der Waals surface area (Å²) in [7, 11) is 3.20. The average Bonchev–Trinajstić information content (AvgIpc) is 2.39. The van der Waals surface area contributed by atoms with Gasteiger partial charge in [0.25, 0.3) is 0 Å². The minimum atomic E-state index is -0.626. The van der Waals surface area contributed by atoms with E-state index in [0.717, 1.165) is 22.6 Å². The molecular weight excluding hydrogens is 232 g/mol. The third kappa shape index (κ3) is 3.14. The first-order chi connectivity index (χ1) is 8.63. The van der Waals surface area contributed by atoms with E-state index in [0.29, 0.717) is 13.0 Å². The zero-order valence-electron chi connectivity index (χ0n) is 10.7. The molecule has 0 aliphatic heterocycles. The van der Waals surface area contributed by atoms with Crippen molar-refractivity contribution in [3.63, 3.8) is 0 Å². The number of benzene rings is 1. The highest BCUT2D eigenvalue weighted by Crippen LogP contribution is 2.31. The topological polar surface area (TPSA) is 71.3 Å². The van der Waals surface area contributed by atoms with Crippen LogP contribution in [0.15, 0.2) is 12.1 Å². The Morgan fingerprint density at radius 3 is 2.67 bits per heavy atom. The van der Waals surface area contributed by atoms with Crippen LogP contribution in [0.5, 0.6) is 11.5 Å². The van der Waals surface area contributed by atoms with Gasteiger partial charge in [-0.1, -0.05) is 6.07 Å². The van der Waals surface area contributed by atoms with Gasteiger partial charge in [0.2, 0.25) is 0 Å². The van der Waals surface area contributed by atoms with Gasteiger partial charge in [-0.05, 0) is 25.0 Å². The molecule has 1 aromatic rings. The zero-order valence-corrected chi connectivity index (χ0v) is 10.7. The van der Waals surface area contributed by atoms with Gasteiger partial charge in [0.15, 0.2) is 6.07 Å². The summed E-state index contributed by atoms with van der Waals surface area (Å²) in [4.78, 5) is 10.8. The molecule has 0 atom stereocenters. The van der Waals surface area contributed by atoms with Crippen LogP contribution in [0.4, 0.5) is 0 Å². The van der Waals surface area contributed by atoms with Gasteiger partial charge in [-0.15, -0.1) is 0 Å².